The van der Waals surface area contributed by atoms with Gasteiger partial charge in [-0.15, -0.1) is 13.2 Å². The van der Waals surface area contributed by atoms with Gasteiger partial charge >= 0.3 is 6.36 Å². The van der Waals surface area contributed by atoms with E-state index in [-0.39, 0.29) is 5.75 Å². The summed E-state index contributed by atoms with van der Waals surface area (Å²) in [4.78, 5) is 2.11. The molecule has 106 valence electrons. The van der Waals surface area contributed by atoms with Gasteiger partial charge in [-0.3, -0.25) is 0 Å². The molecule has 0 radical (unpaired) electrons. The number of halogens is 3. The Bertz CT molecular complexity index is 423. The fraction of sp³-hybridized carbons (Fsp3) is 0.538. The molecule has 0 saturated carbocycles. The topological polar surface area (TPSA) is 32.7 Å². The van der Waals surface area contributed by atoms with Crippen LogP contribution >= 0.6 is 0 Å². The highest BCUT2D eigenvalue weighted by Crippen LogP contribution is 2.33. The summed E-state index contributed by atoms with van der Waals surface area (Å²) in [6.07, 6.45) is -3.54. The first kappa shape index (κ1) is 14.1. The van der Waals surface area contributed by atoms with Gasteiger partial charge in [0.05, 0.1) is 5.60 Å². The van der Waals surface area contributed by atoms with Crippen LogP contribution < -0.4 is 4.74 Å². The molecule has 1 fully saturated rings. The molecule has 1 aliphatic rings. The fourth-order valence-corrected chi connectivity index (χ4v) is 2.24. The largest absolute Gasteiger partial charge is 0.573 e. The SMILES string of the molecule is CN1CCC(O)(c2ccc(OC(F)(F)F)cc2)CC1. The molecule has 1 heterocycles. The van der Waals surface area contributed by atoms with Gasteiger partial charge < -0.3 is 14.7 Å². The van der Waals surface area contributed by atoms with E-state index in [1.807, 2.05) is 7.05 Å². The van der Waals surface area contributed by atoms with Crippen molar-refractivity contribution < 1.29 is 23.0 Å². The summed E-state index contributed by atoms with van der Waals surface area (Å²) >= 11 is 0. The van der Waals surface area contributed by atoms with Crippen LogP contribution in [0.15, 0.2) is 24.3 Å². The first-order valence-corrected chi connectivity index (χ1v) is 6.06. The summed E-state index contributed by atoms with van der Waals surface area (Å²) in [6, 6.07) is 5.46. The van der Waals surface area contributed by atoms with Crippen LogP contribution in [-0.2, 0) is 5.60 Å². The zero-order valence-corrected chi connectivity index (χ0v) is 10.6. The number of nitrogens with zero attached hydrogens (tertiary/aromatic N) is 1. The molecule has 19 heavy (non-hydrogen) atoms. The number of aliphatic hydroxyl groups is 1. The Morgan fingerprint density at radius 1 is 1.16 bits per heavy atom. The zero-order chi connectivity index (χ0) is 14.1. The molecule has 0 aromatic heterocycles. The van der Waals surface area contributed by atoms with Gasteiger partial charge in [-0.2, -0.15) is 0 Å². The molecule has 0 atom stereocenters. The maximum atomic E-state index is 12.0. The maximum absolute atomic E-state index is 12.0. The molecule has 0 bridgehead atoms. The van der Waals surface area contributed by atoms with E-state index in [9.17, 15) is 18.3 Å². The maximum Gasteiger partial charge on any atom is 0.573 e. The van der Waals surface area contributed by atoms with E-state index in [1.54, 1.807) is 0 Å². The van der Waals surface area contributed by atoms with Crippen molar-refractivity contribution >= 4 is 0 Å². The minimum Gasteiger partial charge on any atom is -0.406 e. The van der Waals surface area contributed by atoms with Crippen molar-refractivity contribution in [1.29, 1.82) is 0 Å². The third-order valence-corrected chi connectivity index (χ3v) is 3.44. The molecular formula is C13H16F3NO2. The van der Waals surface area contributed by atoms with Crippen molar-refractivity contribution in [3.8, 4) is 5.75 Å². The lowest BCUT2D eigenvalue weighted by molar-refractivity contribution is -0.274. The minimum atomic E-state index is -4.69. The Morgan fingerprint density at radius 3 is 2.16 bits per heavy atom. The van der Waals surface area contributed by atoms with Crippen LogP contribution in [0.2, 0.25) is 0 Å². The average molecular weight is 275 g/mol. The average Bonchev–Trinajstić information content (AvgIpc) is 2.32. The number of alkyl halides is 3. The van der Waals surface area contributed by atoms with Crippen LogP contribution in [-0.4, -0.2) is 36.5 Å². The van der Waals surface area contributed by atoms with Gasteiger partial charge in [-0.25, -0.2) is 0 Å². The highest BCUT2D eigenvalue weighted by molar-refractivity contribution is 5.31. The Balaban J connectivity index is 2.10. The monoisotopic (exact) mass is 275 g/mol. The summed E-state index contributed by atoms with van der Waals surface area (Å²) in [5, 5.41) is 10.5. The van der Waals surface area contributed by atoms with Gasteiger partial charge in [0, 0.05) is 13.1 Å². The second kappa shape index (κ2) is 5.02. The molecule has 1 aromatic carbocycles. The molecule has 0 spiro atoms. The van der Waals surface area contributed by atoms with Gasteiger partial charge in [0.25, 0.3) is 0 Å². The number of ether oxygens (including phenoxy) is 1. The Morgan fingerprint density at radius 2 is 1.68 bits per heavy atom. The predicted octanol–water partition coefficient (Wildman–Crippen LogP) is 2.50. The van der Waals surface area contributed by atoms with Crippen LogP contribution in [0.5, 0.6) is 5.75 Å². The summed E-state index contributed by atoms with van der Waals surface area (Å²) in [6.45, 7) is 1.52. The van der Waals surface area contributed by atoms with Crippen LogP contribution in [0, 0.1) is 0 Å². The fourth-order valence-electron chi connectivity index (χ4n) is 2.24. The van der Waals surface area contributed by atoms with Crippen LogP contribution in [0.25, 0.3) is 0 Å². The number of benzene rings is 1. The number of rotatable bonds is 2. The minimum absolute atomic E-state index is 0.271. The van der Waals surface area contributed by atoms with Gasteiger partial charge in [-0.1, -0.05) is 12.1 Å². The lowest BCUT2D eigenvalue weighted by Crippen LogP contribution is -2.40. The standard InChI is InChI=1S/C13H16F3NO2/c1-17-8-6-12(18,7-9-17)10-2-4-11(5-3-10)19-13(14,15)16/h2-5,18H,6-9H2,1H3. The third kappa shape index (κ3) is 3.61. The second-order valence-electron chi connectivity index (χ2n) is 4.91. The number of piperidine rings is 1. The molecule has 1 saturated heterocycles. The van der Waals surface area contributed by atoms with Crippen molar-refractivity contribution in [3.63, 3.8) is 0 Å². The highest BCUT2D eigenvalue weighted by atomic mass is 19.4. The first-order chi connectivity index (χ1) is 8.78. The molecule has 0 aliphatic carbocycles. The molecular weight excluding hydrogens is 259 g/mol. The van der Waals surface area contributed by atoms with Gasteiger partial charge in [0.2, 0.25) is 0 Å². The van der Waals surface area contributed by atoms with Gasteiger partial charge in [0.15, 0.2) is 0 Å². The zero-order valence-electron chi connectivity index (χ0n) is 10.6. The van der Waals surface area contributed by atoms with Crippen molar-refractivity contribution in [1.82, 2.24) is 4.90 Å². The van der Waals surface area contributed by atoms with Gasteiger partial charge in [-0.05, 0) is 37.6 Å². The Kier molecular flexibility index (Phi) is 3.73. The molecule has 2 rings (SSSR count). The first-order valence-electron chi connectivity index (χ1n) is 6.06. The lowest BCUT2D eigenvalue weighted by atomic mass is 9.84. The van der Waals surface area contributed by atoms with E-state index in [4.69, 9.17) is 0 Å². The summed E-state index contributed by atoms with van der Waals surface area (Å²) in [5.41, 5.74) is -0.321. The number of likely N-dealkylation sites (tertiary alicyclic amines) is 1. The molecule has 1 aromatic rings. The van der Waals surface area contributed by atoms with Gasteiger partial charge in [0.1, 0.15) is 5.75 Å². The Labute approximate surface area is 109 Å². The number of hydrogen-bond acceptors (Lipinski definition) is 3. The third-order valence-electron chi connectivity index (χ3n) is 3.44. The normalized spacial score (nSPS) is 20.3. The Hall–Kier alpha value is -1.27. The van der Waals surface area contributed by atoms with E-state index >= 15 is 0 Å². The van der Waals surface area contributed by atoms with E-state index in [2.05, 4.69) is 9.64 Å². The van der Waals surface area contributed by atoms with Crippen LogP contribution in [0.1, 0.15) is 18.4 Å². The van der Waals surface area contributed by atoms with E-state index < -0.39 is 12.0 Å². The van der Waals surface area contributed by atoms with Crippen LogP contribution in [0.4, 0.5) is 13.2 Å². The van der Waals surface area contributed by atoms with Crippen molar-refractivity contribution in [2.75, 3.05) is 20.1 Å². The van der Waals surface area contributed by atoms with Crippen molar-refractivity contribution in [2.24, 2.45) is 0 Å². The quantitative estimate of drug-likeness (QED) is 0.900. The molecule has 1 aliphatic heterocycles. The summed E-state index contributed by atoms with van der Waals surface area (Å²) < 4.78 is 39.9. The molecule has 6 heteroatoms. The molecule has 0 amide bonds. The predicted molar refractivity (Wildman–Crippen MR) is 63.8 cm³/mol. The van der Waals surface area contributed by atoms with Crippen molar-refractivity contribution in [2.45, 2.75) is 24.8 Å². The highest BCUT2D eigenvalue weighted by Gasteiger charge is 2.34. The molecule has 1 N–H and O–H groups in total. The summed E-state index contributed by atoms with van der Waals surface area (Å²) in [5.74, 6) is -0.271. The number of hydrogen-bond donors (Lipinski definition) is 1. The summed E-state index contributed by atoms with van der Waals surface area (Å²) in [7, 11) is 1.97. The molecule has 3 nitrogen and oxygen atoms in total. The van der Waals surface area contributed by atoms with Crippen LogP contribution in [0.3, 0.4) is 0 Å². The molecule has 0 unspecified atom stereocenters. The second-order valence-corrected chi connectivity index (χ2v) is 4.91. The van der Waals surface area contributed by atoms with E-state index in [1.165, 1.54) is 24.3 Å². The lowest BCUT2D eigenvalue weighted by Gasteiger charge is -2.37. The van der Waals surface area contributed by atoms with Crippen molar-refractivity contribution in [3.05, 3.63) is 29.8 Å². The smallest absolute Gasteiger partial charge is 0.406 e. The van der Waals surface area contributed by atoms with E-state index in [0.717, 1.165) is 13.1 Å². The van der Waals surface area contributed by atoms with E-state index in [0.29, 0.717) is 18.4 Å².